The molecule has 0 unspecified atom stereocenters. The first kappa shape index (κ1) is 16.9. The fourth-order valence-corrected chi connectivity index (χ4v) is 2.14. The molecule has 0 amide bonds. The molecule has 0 aliphatic rings. The van der Waals surface area contributed by atoms with Gasteiger partial charge in [-0.15, -0.1) is 0 Å². The Labute approximate surface area is 136 Å². The third-order valence-electron chi connectivity index (χ3n) is 3.25. The molecular weight excluding hydrogens is 352 g/mol. The Hall–Kier alpha value is -2.98. The summed E-state index contributed by atoms with van der Waals surface area (Å²) in [7, 11) is 0. The standard InChI is InChI=1S/C14H9F6N5/c15-13(16,17)11-3-5-24(22-11)9-2-1-8(21)7-10(9)25-6-4-12(23-25)14(18,19)20/h1-7H,21H2. The van der Waals surface area contributed by atoms with E-state index in [4.69, 9.17) is 5.73 Å². The molecule has 2 heterocycles. The molecular formula is C14H9F6N5. The van der Waals surface area contributed by atoms with Crippen molar-refractivity contribution in [2.24, 2.45) is 0 Å². The summed E-state index contributed by atoms with van der Waals surface area (Å²) in [6.07, 6.45) is -7.21. The van der Waals surface area contributed by atoms with Crippen molar-refractivity contribution >= 4 is 5.69 Å². The molecule has 2 N–H and O–H groups in total. The van der Waals surface area contributed by atoms with Crippen LogP contribution in [0.2, 0.25) is 0 Å². The molecule has 5 nitrogen and oxygen atoms in total. The SMILES string of the molecule is Nc1ccc(-n2ccc(C(F)(F)F)n2)c(-n2ccc(C(F)(F)F)n2)c1. The normalized spacial score (nSPS) is 12.6. The summed E-state index contributed by atoms with van der Waals surface area (Å²) in [5, 5.41) is 6.82. The molecule has 132 valence electrons. The van der Waals surface area contributed by atoms with Crippen LogP contribution in [-0.2, 0) is 12.4 Å². The third kappa shape index (κ3) is 3.30. The molecule has 0 radical (unpaired) electrons. The molecule has 0 saturated carbocycles. The van der Waals surface area contributed by atoms with Gasteiger partial charge in [0, 0.05) is 18.1 Å². The van der Waals surface area contributed by atoms with Crippen LogP contribution in [0, 0.1) is 0 Å². The zero-order chi connectivity index (χ0) is 18.4. The molecule has 1 aromatic carbocycles. The minimum atomic E-state index is -4.65. The van der Waals surface area contributed by atoms with Gasteiger partial charge in [-0.3, -0.25) is 0 Å². The van der Waals surface area contributed by atoms with Gasteiger partial charge in [-0.05, 0) is 30.3 Å². The van der Waals surface area contributed by atoms with Crippen LogP contribution in [0.4, 0.5) is 32.0 Å². The van der Waals surface area contributed by atoms with Crippen molar-refractivity contribution in [1.82, 2.24) is 19.6 Å². The molecule has 0 atom stereocenters. The maximum atomic E-state index is 12.7. The molecule has 0 aliphatic carbocycles. The summed E-state index contributed by atoms with van der Waals surface area (Å²) in [5.41, 5.74) is 3.70. The Bertz CT molecular complexity index is 905. The van der Waals surface area contributed by atoms with E-state index >= 15 is 0 Å². The van der Waals surface area contributed by atoms with Crippen LogP contribution in [0.25, 0.3) is 11.4 Å². The number of hydrogen-bond acceptors (Lipinski definition) is 3. The van der Waals surface area contributed by atoms with Gasteiger partial charge < -0.3 is 5.73 Å². The number of anilines is 1. The molecule has 25 heavy (non-hydrogen) atoms. The van der Waals surface area contributed by atoms with Crippen LogP contribution < -0.4 is 5.73 Å². The quantitative estimate of drug-likeness (QED) is 0.560. The van der Waals surface area contributed by atoms with Crippen LogP contribution in [0.1, 0.15) is 11.4 Å². The Morgan fingerprint density at radius 3 is 1.64 bits per heavy atom. The van der Waals surface area contributed by atoms with Gasteiger partial charge >= 0.3 is 12.4 Å². The summed E-state index contributed by atoms with van der Waals surface area (Å²) < 4.78 is 78.0. The maximum Gasteiger partial charge on any atom is 0.435 e. The number of benzene rings is 1. The van der Waals surface area contributed by atoms with Gasteiger partial charge in [0.05, 0.1) is 11.4 Å². The molecule has 2 aromatic heterocycles. The fourth-order valence-electron chi connectivity index (χ4n) is 2.14. The van der Waals surface area contributed by atoms with Crippen molar-refractivity contribution in [3.63, 3.8) is 0 Å². The van der Waals surface area contributed by atoms with Gasteiger partial charge in [-0.1, -0.05) is 0 Å². The Kier molecular flexibility index (Phi) is 3.73. The molecule has 0 fully saturated rings. The fraction of sp³-hybridized carbons (Fsp3) is 0.143. The monoisotopic (exact) mass is 361 g/mol. The highest BCUT2D eigenvalue weighted by Gasteiger charge is 2.35. The minimum absolute atomic E-state index is 0.0484. The number of aromatic nitrogens is 4. The largest absolute Gasteiger partial charge is 0.435 e. The Balaban J connectivity index is 2.11. The van der Waals surface area contributed by atoms with E-state index in [1.165, 1.54) is 18.2 Å². The number of hydrogen-bond donors (Lipinski definition) is 1. The van der Waals surface area contributed by atoms with Crippen molar-refractivity contribution < 1.29 is 26.3 Å². The predicted molar refractivity (Wildman–Crippen MR) is 75.1 cm³/mol. The highest BCUT2D eigenvalue weighted by Crippen LogP contribution is 2.31. The lowest BCUT2D eigenvalue weighted by atomic mass is 10.2. The molecule has 0 aliphatic heterocycles. The lowest BCUT2D eigenvalue weighted by molar-refractivity contribution is -0.142. The lowest BCUT2D eigenvalue weighted by Crippen LogP contribution is -2.10. The van der Waals surface area contributed by atoms with Crippen molar-refractivity contribution in [2.75, 3.05) is 5.73 Å². The van der Waals surface area contributed by atoms with Crippen molar-refractivity contribution in [2.45, 2.75) is 12.4 Å². The Morgan fingerprint density at radius 1 is 0.720 bits per heavy atom. The minimum Gasteiger partial charge on any atom is -0.399 e. The van der Waals surface area contributed by atoms with Crippen LogP contribution in [0.15, 0.2) is 42.7 Å². The van der Waals surface area contributed by atoms with Gasteiger partial charge in [-0.25, -0.2) is 9.36 Å². The highest BCUT2D eigenvalue weighted by atomic mass is 19.4. The summed E-state index contributed by atoms with van der Waals surface area (Å²) in [4.78, 5) is 0. The van der Waals surface area contributed by atoms with E-state index in [2.05, 4.69) is 10.2 Å². The molecule has 3 aromatic rings. The number of nitrogens with zero attached hydrogens (tertiary/aromatic N) is 4. The summed E-state index contributed by atoms with van der Waals surface area (Å²) >= 11 is 0. The lowest BCUT2D eigenvalue weighted by Gasteiger charge is -2.11. The average molecular weight is 361 g/mol. The first-order valence-corrected chi connectivity index (χ1v) is 6.72. The van der Waals surface area contributed by atoms with Gasteiger partial charge in [0.15, 0.2) is 11.4 Å². The molecule has 0 spiro atoms. The average Bonchev–Trinajstić information content (AvgIpc) is 3.15. The van der Waals surface area contributed by atoms with E-state index in [-0.39, 0.29) is 17.1 Å². The van der Waals surface area contributed by atoms with Crippen LogP contribution in [-0.4, -0.2) is 19.6 Å². The topological polar surface area (TPSA) is 61.7 Å². The zero-order valence-corrected chi connectivity index (χ0v) is 12.2. The maximum absolute atomic E-state index is 12.7. The van der Waals surface area contributed by atoms with E-state index in [1.807, 2.05) is 0 Å². The first-order valence-electron chi connectivity index (χ1n) is 6.72. The highest BCUT2D eigenvalue weighted by molar-refractivity contribution is 5.59. The van der Waals surface area contributed by atoms with E-state index in [9.17, 15) is 26.3 Å². The molecule has 0 bridgehead atoms. The van der Waals surface area contributed by atoms with Crippen LogP contribution >= 0.6 is 0 Å². The van der Waals surface area contributed by atoms with Crippen LogP contribution in [0.5, 0.6) is 0 Å². The molecule has 11 heteroatoms. The van der Waals surface area contributed by atoms with Crippen molar-refractivity contribution in [3.8, 4) is 11.4 Å². The summed E-state index contributed by atoms with van der Waals surface area (Å²) in [5.74, 6) is 0. The second-order valence-corrected chi connectivity index (χ2v) is 5.03. The van der Waals surface area contributed by atoms with Crippen molar-refractivity contribution in [1.29, 1.82) is 0 Å². The zero-order valence-electron chi connectivity index (χ0n) is 12.2. The summed E-state index contributed by atoms with van der Waals surface area (Å²) in [6, 6.07) is 5.52. The van der Waals surface area contributed by atoms with E-state index in [0.717, 1.165) is 33.9 Å². The van der Waals surface area contributed by atoms with Gasteiger partial charge in [0.1, 0.15) is 0 Å². The summed E-state index contributed by atoms with van der Waals surface area (Å²) in [6.45, 7) is 0. The number of rotatable bonds is 2. The van der Waals surface area contributed by atoms with E-state index in [1.54, 1.807) is 0 Å². The van der Waals surface area contributed by atoms with E-state index < -0.39 is 23.7 Å². The third-order valence-corrected chi connectivity index (χ3v) is 3.25. The second-order valence-electron chi connectivity index (χ2n) is 5.03. The number of alkyl halides is 6. The number of nitrogens with two attached hydrogens (primary N) is 1. The van der Waals surface area contributed by atoms with Gasteiger partial charge in [-0.2, -0.15) is 36.5 Å². The number of nitrogen functional groups attached to an aromatic ring is 1. The van der Waals surface area contributed by atoms with Gasteiger partial charge in [0.2, 0.25) is 0 Å². The van der Waals surface area contributed by atoms with Crippen LogP contribution in [0.3, 0.4) is 0 Å². The Morgan fingerprint density at radius 2 is 1.20 bits per heavy atom. The van der Waals surface area contributed by atoms with Crippen molar-refractivity contribution in [3.05, 3.63) is 54.1 Å². The van der Waals surface area contributed by atoms with Gasteiger partial charge in [0.25, 0.3) is 0 Å². The molecule has 3 rings (SSSR count). The predicted octanol–water partition coefficient (Wildman–Crippen LogP) is 3.68. The second kappa shape index (κ2) is 5.53. The number of halogens is 6. The first-order chi connectivity index (χ1) is 11.6. The smallest absolute Gasteiger partial charge is 0.399 e. The van der Waals surface area contributed by atoms with E-state index in [0.29, 0.717) is 0 Å². The molecule has 0 saturated heterocycles.